The predicted octanol–water partition coefficient (Wildman–Crippen LogP) is 2.59. The van der Waals surface area contributed by atoms with Crippen LogP contribution in [0.25, 0.3) is 0 Å². The molecule has 2 aromatic rings. The highest BCUT2D eigenvalue weighted by atomic mass is 15.0. The normalized spacial score (nSPS) is 17.5. The zero-order valence-corrected chi connectivity index (χ0v) is 10.5. The number of hydrogen-bond donors (Lipinski definition) is 2. The highest BCUT2D eigenvalue weighted by Gasteiger charge is 2.24. The number of nitrogen functional groups attached to an aromatic ring is 1. The van der Waals surface area contributed by atoms with Crippen LogP contribution in [0.5, 0.6) is 0 Å². The van der Waals surface area contributed by atoms with Crippen LogP contribution in [0, 0.1) is 0 Å². The van der Waals surface area contributed by atoms with Crippen molar-refractivity contribution in [3.05, 3.63) is 53.2 Å². The van der Waals surface area contributed by atoms with E-state index < -0.39 is 0 Å². The molecule has 1 aliphatic carbocycles. The quantitative estimate of drug-likeness (QED) is 0.792. The van der Waals surface area contributed by atoms with Crippen LogP contribution in [-0.4, -0.2) is 12.0 Å². The summed E-state index contributed by atoms with van der Waals surface area (Å²) in [6.07, 6.45) is 3.96. The molecule has 1 aliphatic rings. The van der Waals surface area contributed by atoms with Gasteiger partial charge in [0.25, 0.3) is 0 Å². The van der Waals surface area contributed by atoms with Gasteiger partial charge in [0.05, 0.1) is 0 Å². The van der Waals surface area contributed by atoms with Gasteiger partial charge in [0, 0.05) is 18.9 Å². The maximum atomic E-state index is 5.85. The molecule has 1 atom stereocenters. The third-order valence-corrected chi connectivity index (χ3v) is 3.68. The lowest BCUT2D eigenvalue weighted by atomic mass is 9.97. The molecule has 0 fully saturated rings. The van der Waals surface area contributed by atoms with Gasteiger partial charge >= 0.3 is 0 Å². The minimum Gasteiger partial charge on any atom is -0.399 e. The molecule has 92 valence electrons. The average Bonchev–Trinajstić information content (AvgIpc) is 2.81. The molecule has 3 N–H and O–H groups in total. The van der Waals surface area contributed by atoms with Gasteiger partial charge in [-0.25, -0.2) is 4.98 Å². The summed E-state index contributed by atoms with van der Waals surface area (Å²) in [5.74, 6) is 1.50. The van der Waals surface area contributed by atoms with Crippen LogP contribution in [0.15, 0.2) is 36.5 Å². The number of anilines is 2. The van der Waals surface area contributed by atoms with Crippen LogP contribution >= 0.6 is 0 Å². The lowest BCUT2D eigenvalue weighted by Crippen LogP contribution is -2.04. The zero-order valence-electron chi connectivity index (χ0n) is 10.5. The summed E-state index contributed by atoms with van der Waals surface area (Å²) in [6.45, 7) is 0. The molecular weight excluding hydrogens is 222 g/mol. The Labute approximate surface area is 107 Å². The first-order valence-corrected chi connectivity index (χ1v) is 6.28. The van der Waals surface area contributed by atoms with Crippen LogP contribution < -0.4 is 11.1 Å². The summed E-state index contributed by atoms with van der Waals surface area (Å²) in [5, 5.41) is 3.17. The Kier molecular flexibility index (Phi) is 2.67. The van der Waals surface area contributed by atoms with E-state index in [2.05, 4.69) is 28.5 Å². The molecule has 1 unspecified atom stereocenters. The van der Waals surface area contributed by atoms with Crippen LogP contribution in [0.2, 0.25) is 0 Å². The third-order valence-electron chi connectivity index (χ3n) is 3.68. The molecule has 0 amide bonds. The molecule has 3 heteroatoms. The fraction of sp³-hybridized carbons (Fsp3) is 0.267. The predicted molar refractivity (Wildman–Crippen MR) is 74.8 cm³/mol. The van der Waals surface area contributed by atoms with Crippen molar-refractivity contribution in [1.82, 2.24) is 4.98 Å². The largest absolute Gasteiger partial charge is 0.399 e. The molecule has 1 aromatic heterocycles. The van der Waals surface area contributed by atoms with Crippen molar-refractivity contribution in [3.63, 3.8) is 0 Å². The number of nitrogens with zero attached hydrogens (tertiary/aromatic N) is 1. The van der Waals surface area contributed by atoms with Crippen LogP contribution in [0.1, 0.15) is 22.6 Å². The van der Waals surface area contributed by atoms with E-state index in [-0.39, 0.29) is 0 Å². The third kappa shape index (κ3) is 1.82. The first-order chi connectivity index (χ1) is 8.78. The van der Waals surface area contributed by atoms with Gasteiger partial charge in [0.15, 0.2) is 0 Å². The maximum Gasteiger partial charge on any atom is 0.129 e. The highest BCUT2D eigenvalue weighted by Crippen LogP contribution is 2.36. The van der Waals surface area contributed by atoms with Crippen LogP contribution in [0.3, 0.4) is 0 Å². The first kappa shape index (κ1) is 11.1. The summed E-state index contributed by atoms with van der Waals surface area (Å²) >= 11 is 0. The fourth-order valence-electron chi connectivity index (χ4n) is 2.81. The number of nitrogens with one attached hydrogen (secondary N) is 1. The number of rotatable bonds is 2. The number of aromatic nitrogens is 1. The van der Waals surface area contributed by atoms with E-state index in [0.717, 1.165) is 24.3 Å². The molecule has 18 heavy (non-hydrogen) atoms. The summed E-state index contributed by atoms with van der Waals surface area (Å²) in [4.78, 5) is 4.39. The minimum atomic E-state index is 0.512. The Bertz CT molecular complexity index is 578. The molecule has 1 heterocycles. The Morgan fingerprint density at radius 1 is 1.22 bits per heavy atom. The van der Waals surface area contributed by atoms with Gasteiger partial charge in [0.2, 0.25) is 0 Å². The summed E-state index contributed by atoms with van der Waals surface area (Å²) in [6, 6.07) is 10.4. The number of fused-ring (bicyclic) bond motifs is 1. The Morgan fingerprint density at radius 3 is 2.89 bits per heavy atom. The van der Waals surface area contributed by atoms with Gasteiger partial charge in [-0.2, -0.15) is 0 Å². The van der Waals surface area contributed by atoms with Gasteiger partial charge < -0.3 is 11.1 Å². The van der Waals surface area contributed by atoms with Crippen molar-refractivity contribution in [3.8, 4) is 0 Å². The van der Waals surface area contributed by atoms with Gasteiger partial charge in [-0.05, 0) is 53.6 Å². The SMILES string of the molecule is CNc1ncccc1C1Cc2ccc(N)cc2C1. The van der Waals surface area contributed by atoms with Crippen molar-refractivity contribution >= 4 is 11.5 Å². The monoisotopic (exact) mass is 239 g/mol. The number of nitrogens with two attached hydrogens (primary N) is 1. The Hall–Kier alpha value is -2.03. The second kappa shape index (κ2) is 4.33. The molecule has 0 spiro atoms. The first-order valence-electron chi connectivity index (χ1n) is 6.28. The van der Waals surface area contributed by atoms with Gasteiger partial charge in [-0.15, -0.1) is 0 Å². The van der Waals surface area contributed by atoms with Crippen molar-refractivity contribution in [2.45, 2.75) is 18.8 Å². The standard InChI is InChI=1S/C15H17N3/c1-17-15-14(3-2-6-18-15)12-7-10-4-5-13(16)9-11(10)8-12/h2-6,9,12H,7-8,16H2,1H3,(H,17,18). The van der Waals surface area contributed by atoms with E-state index in [0.29, 0.717) is 5.92 Å². The van der Waals surface area contributed by atoms with Crippen molar-refractivity contribution in [2.75, 3.05) is 18.1 Å². The molecule has 0 aliphatic heterocycles. The average molecular weight is 239 g/mol. The second-order valence-electron chi connectivity index (χ2n) is 4.82. The lowest BCUT2D eigenvalue weighted by Gasteiger charge is -2.13. The highest BCUT2D eigenvalue weighted by molar-refractivity contribution is 5.52. The summed E-state index contributed by atoms with van der Waals surface area (Å²) in [5.41, 5.74) is 10.8. The zero-order chi connectivity index (χ0) is 12.5. The van der Waals surface area contributed by atoms with Gasteiger partial charge in [0.1, 0.15) is 5.82 Å². The number of hydrogen-bond acceptors (Lipinski definition) is 3. The van der Waals surface area contributed by atoms with E-state index in [9.17, 15) is 0 Å². The molecule has 3 rings (SSSR count). The molecule has 0 radical (unpaired) electrons. The van der Waals surface area contributed by atoms with E-state index in [4.69, 9.17) is 5.73 Å². The van der Waals surface area contributed by atoms with Gasteiger partial charge in [-0.1, -0.05) is 12.1 Å². The summed E-state index contributed by atoms with van der Waals surface area (Å²) < 4.78 is 0. The van der Waals surface area contributed by atoms with E-state index >= 15 is 0 Å². The van der Waals surface area contributed by atoms with E-state index in [1.165, 1.54) is 16.7 Å². The van der Waals surface area contributed by atoms with Crippen molar-refractivity contribution in [1.29, 1.82) is 0 Å². The molecule has 0 saturated carbocycles. The smallest absolute Gasteiger partial charge is 0.129 e. The number of benzene rings is 1. The lowest BCUT2D eigenvalue weighted by molar-refractivity contribution is 0.739. The van der Waals surface area contributed by atoms with Crippen molar-refractivity contribution in [2.24, 2.45) is 0 Å². The van der Waals surface area contributed by atoms with Crippen LogP contribution in [0.4, 0.5) is 11.5 Å². The van der Waals surface area contributed by atoms with Crippen molar-refractivity contribution < 1.29 is 0 Å². The molecule has 3 nitrogen and oxygen atoms in total. The van der Waals surface area contributed by atoms with Gasteiger partial charge in [-0.3, -0.25) is 0 Å². The Morgan fingerprint density at radius 2 is 2.06 bits per heavy atom. The van der Waals surface area contributed by atoms with E-state index in [1.807, 2.05) is 25.4 Å². The molecule has 0 bridgehead atoms. The minimum absolute atomic E-state index is 0.512. The molecule has 0 saturated heterocycles. The topological polar surface area (TPSA) is 50.9 Å². The molecule has 1 aromatic carbocycles. The Balaban J connectivity index is 1.93. The fourth-order valence-corrected chi connectivity index (χ4v) is 2.81. The summed E-state index contributed by atoms with van der Waals surface area (Å²) in [7, 11) is 1.92. The number of pyridine rings is 1. The maximum absolute atomic E-state index is 5.85. The van der Waals surface area contributed by atoms with Crippen LogP contribution in [-0.2, 0) is 12.8 Å². The molecular formula is C15H17N3. The second-order valence-corrected chi connectivity index (χ2v) is 4.82. The van der Waals surface area contributed by atoms with E-state index in [1.54, 1.807) is 0 Å².